The van der Waals surface area contributed by atoms with E-state index in [9.17, 15) is 21.6 Å². The monoisotopic (exact) mass is 443 g/mol. The van der Waals surface area contributed by atoms with Crippen LogP contribution in [0.5, 0.6) is 11.5 Å². The van der Waals surface area contributed by atoms with Gasteiger partial charge in [-0.2, -0.15) is 0 Å². The van der Waals surface area contributed by atoms with Crippen LogP contribution in [0.4, 0.5) is 0 Å². The molecule has 2 aromatic carbocycles. The van der Waals surface area contributed by atoms with Gasteiger partial charge in [-0.15, -0.1) is 0 Å². The fourth-order valence-corrected chi connectivity index (χ4v) is 5.81. The molecule has 0 saturated heterocycles. The number of methoxy groups -OCH3 is 2. The highest BCUT2D eigenvalue weighted by molar-refractivity contribution is 7.92. The lowest BCUT2D eigenvalue weighted by Gasteiger charge is -2.16. The number of amides is 1. The maximum atomic E-state index is 12.7. The number of hydroxylamine groups is 1. The molecular formula is C18H21NO8S2. The minimum atomic E-state index is -4.02. The summed E-state index contributed by atoms with van der Waals surface area (Å²) < 4.78 is 60.6. The smallest absolute Gasteiger partial charge is 0.248 e. The van der Waals surface area contributed by atoms with Crippen LogP contribution in [0.25, 0.3) is 0 Å². The summed E-state index contributed by atoms with van der Waals surface area (Å²) in [5.74, 6) is -3.37. The molecule has 1 amide bonds. The van der Waals surface area contributed by atoms with E-state index in [0.717, 1.165) is 0 Å². The molecule has 2 rings (SSSR count). The second-order valence-electron chi connectivity index (χ2n) is 6.09. The number of nitrogens with one attached hydrogen (secondary N) is 1. The second kappa shape index (κ2) is 9.25. The highest BCUT2D eigenvalue weighted by Crippen LogP contribution is 2.22. The van der Waals surface area contributed by atoms with Crippen molar-refractivity contribution in [2.75, 3.05) is 25.7 Å². The summed E-state index contributed by atoms with van der Waals surface area (Å²) in [6.45, 7) is 0. The summed E-state index contributed by atoms with van der Waals surface area (Å²) in [5, 5.41) is 8.95. The third kappa shape index (κ3) is 5.68. The van der Waals surface area contributed by atoms with Gasteiger partial charge in [0.25, 0.3) is 0 Å². The minimum Gasteiger partial charge on any atom is -0.497 e. The van der Waals surface area contributed by atoms with Crippen LogP contribution >= 0.6 is 0 Å². The third-order valence-corrected chi connectivity index (χ3v) is 7.82. The third-order valence-electron chi connectivity index (χ3n) is 4.16. The molecule has 2 N–H and O–H groups in total. The first-order valence-electron chi connectivity index (χ1n) is 8.30. The van der Waals surface area contributed by atoms with E-state index < -0.39 is 43.0 Å². The Labute approximate surface area is 169 Å². The zero-order valence-corrected chi connectivity index (χ0v) is 17.4. The lowest BCUT2D eigenvalue weighted by atomic mass is 10.2. The molecule has 0 bridgehead atoms. The number of carbonyl (C=O) groups excluding carboxylic acids is 1. The second-order valence-corrected chi connectivity index (χ2v) is 10.2. The van der Waals surface area contributed by atoms with Crippen LogP contribution in [-0.4, -0.2) is 53.7 Å². The maximum Gasteiger partial charge on any atom is 0.248 e. The van der Waals surface area contributed by atoms with Gasteiger partial charge in [0.1, 0.15) is 11.5 Å². The van der Waals surface area contributed by atoms with Crippen LogP contribution < -0.4 is 15.0 Å². The lowest BCUT2D eigenvalue weighted by molar-refractivity contribution is -0.132. The van der Waals surface area contributed by atoms with Crippen molar-refractivity contribution in [1.82, 2.24) is 5.48 Å². The van der Waals surface area contributed by atoms with Gasteiger partial charge < -0.3 is 9.47 Å². The molecule has 0 saturated carbocycles. The highest BCUT2D eigenvalue weighted by Gasteiger charge is 2.32. The molecular weight excluding hydrogens is 422 g/mol. The molecule has 0 unspecified atom stereocenters. The highest BCUT2D eigenvalue weighted by atomic mass is 32.2. The van der Waals surface area contributed by atoms with Gasteiger partial charge in [-0.05, 0) is 48.5 Å². The van der Waals surface area contributed by atoms with E-state index >= 15 is 0 Å². The van der Waals surface area contributed by atoms with Crippen molar-refractivity contribution in [2.45, 2.75) is 9.79 Å². The number of benzene rings is 2. The molecule has 29 heavy (non-hydrogen) atoms. The largest absolute Gasteiger partial charge is 0.497 e. The van der Waals surface area contributed by atoms with Crippen molar-refractivity contribution in [2.24, 2.45) is 5.92 Å². The summed E-state index contributed by atoms with van der Waals surface area (Å²) in [7, 11) is -5.18. The maximum absolute atomic E-state index is 12.7. The van der Waals surface area contributed by atoms with E-state index in [1.165, 1.54) is 68.2 Å². The fourth-order valence-electron chi connectivity index (χ4n) is 2.58. The van der Waals surface area contributed by atoms with E-state index in [1.807, 2.05) is 0 Å². The molecule has 0 atom stereocenters. The van der Waals surface area contributed by atoms with Gasteiger partial charge in [0.2, 0.25) is 5.91 Å². The van der Waals surface area contributed by atoms with Gasteiger partial charge in [0.05, 0.1) is 41.4 Å². The Balaban J connectivity index is 2.29. The van der Waals surface area contributed by atoms with Crippen molar-refractivity contribution in [3.63, 3.8) is 0 Å². The van der Waals surface area contributed by atoms with E-state index in [2.05, 4.69) is 0 Å². The van der Waals surface area contributed by atoms with Crippen molar-refractivity contribution in [3.05, 3.63) is 48.5 Å². The van der Waals surface area contributed by atoms with Crippen molar-refractivity contribution in [1.29, 1.82) is 0 Å². The number of rotatable bonds is 9. The summed E-state index contributed by atoms with van der Waals surface area (Å²) in [6, 6.07) is 10.9. The van der Waals surface area contributed by atoms with Crippen molar-refractivity contribution < 1.29 is 36.3 Å². The molecule has 9 nitrogen and oxygen atoms in total. The zero-order valence-electron chi connectivity index (χ0n) is 15.7. The molecule has 0 aliphatic rings. The number of hydrogen-bond donors (Lipinski definition) is 2. The van der Waals surface area contributed by atoms with Gasteiger partial charge in [-0.25, -0.2) is 22.3 Å². The van der Waals surface area contributed by atoms with Crippen molar-refractivity contribution in [3.8, 4) is 11.5 Å². The predicted molar refractivity (Wildman–Crippen MR) is 104 cm³/mol. The lowest BCUT2D eigenvalue weighted by Crippen LogP contribution is -2.37. The van der Waals surface area contributed by atoms with Crippen LogP contribution in [0.15, 0.2) is 58.3 Å². The first-order valence-corrected chi connectivity index (χ1v) is 11.6. The van der Waals surface area contributed by atoms with Crippen LogP contribution in [0.2, 0.25) is 0 Å². The van der Waals surface area contributed by atoms with Crippen LogP contribution in [-0.2, 0) is 24.5 Å². The SMILES string of the molecule is COc1ccc(S(=O)(=O)CC(CS(=O)(=O)c2ccc(OC)cc2)C(=O)NO)cc1. The molecule has 0 spiro atoms. The Hall–Kier alpha value is -2.63. The Morgan fingerprint density at radius 1 is 0.828 bits per heavy atom. The van der Waals surface area contributed by atoms with Crippen LogP contribution in [0.3, 0.4) is 0 Å². The van der Waals surface area contributed by atoms with E-state index in [1.54, 1.807) is 0 Å². The molecule has 0 aliphatic carbocycles. The van der Waals surface area contributed by atoms with Gasteiger partial charge in [0.15, 0.2) is 19.7 Å². The normalized spacial score (nSPS) is 11.9. The molecule has 0 heterocycles. The molecule has 0 aliphatic heterocycles. The van der Waals surface area contributed by atoms with Gasteiger partial charge in [0, 0.05) is 0 Å². The summed E-state index contributed by atoms with van der Waals surface area (Å²) in [6.07, 6.45) is 0. The molecule has 158 valence electrons. The molecule has 0 fully saturated rings. The number of hydrogen-bond acceptors (Lipinski definition) is 8. The standard InChI is InChI=1S/C18H21NO8S2/c1-26-14-3-7-16(8-4-14)28(22,23)11-13(18(20)19-21)12-29(24,25)17-9-5-15(27-2)6-10-17/h3-10,13,21H,11-12H2,1-2H3,(H,19,20). The minimum absolute atomic E-state index is 0.101. The first-order chi connectivity index (χ1) is 13.6. The van der Waals surface area contributed by atoms with Crippen molar-refractivity contribution >= 4 is 25.6 Å². The van der Waals surface area contributed by atoms with Gasteiger partial charge in [-0.3, -0.25) is 10.0 Å². The Kier molecular flexibility index (Phi) is 7.22. The Bertz CT molecular complexity index is 967. The average molecular weight is 443 g/mol. The van der Waals surface area contributed by atoms with Gasteiger partial charge >= 0.3 is 0 Å². The first kappa shape index (κ1) is 22.7. The quantitative estimate of drug-likeness (QED) is 0.434. The zero-order chi connectivity index (χ0) is 21.7. The molecule has 2 aromatic rings. The van der Waals surface area contributed by atoms with E-state index in [-0.39, 0.29) is 9.79 Å². The topological polar surface area (TPSA) is 136 Å². The fraction of sp³-hybridized carbons (Fsp3) is 0.278. The Morgan fingerprint density at radius 2 is 1.17 bits per heavy atom. The molecule has 0 aromatic heterocycles. The number of carbonyl (C=O) groups is 1. The van der Waals surface area contributed by atoms with E-state index in [0.29, 0.717) is 11.5 Å². The number of ether oxygens (including phenoxy) is 2. The Morgan fingerprint density at radius 3 is 1.45 bits per heavy atom. The molecule has 11 heteroatoms. The van der Waals surface area contributed by atoms with E-state index in [4.69, 9.17) is 14.7 Å². The predicted octanol–water partition coefficient (Wildman–Crippen LogP) is 1.07. The summed E-state index contributed by atoms with van der Waals surface area (Å²) >= 11 is 0. The average Bonchev–Trinajstić information content (AvgIpc) is 2.72. The number of sulfone groups is 2. The summed E-state index contributed by atoms with van der Waals surface area (Å²) in [5.41, 5.74) is 1.34. The van der Waals surface area contributed by atoms with Crippen LogP contribution in [0.1, 0.15) is 0 Å². The van der Waals surface area contributed by atoms with Crippen LogP contribution in [0, 0.1) is 5.92 Å². The van der Waals surface area contributed by atoms with Gasteiger partial charge in [-0.1, -0.05) is 0 Å². The molecule has 0 radical (unpaired) electrons. The summed E-state index contributed by atoms with van der Waals surface area (Å²) in [4.78, 5) is 11.8.